The third kappa shape index (κ3) is 21.3. The SMILES string of the molecule is CCCCC(CC)COC(=O)C(CCCCCCCCCCCCCCCCCC(=O)O)(CC(CC)CCCC)C(C)C. The van der Waals surface area contributed by atoms with Crippen LogP contribution in [0, 0.1) is 23.2 Å². The van der Waals surface area contributed by atoms with E-state index in [-0.39, 0.29) is 11.4 Å². The van der Waals surface area contributed by atoms with Gasteiger partial charge in [-0.1, -0.05) is 176 Å². The van der Waals surface area contributed by atoms with Crippen LogP contribution in [-0.2, 0) is 14.3 Å². The van der Waals surface area contributed by atoms with Crippen LogP contribution in [0.2, 0.25) is 0 Å². The van der Waals surface area contributed by atoms with E-state index >= 15 is 0 Å². The molecule has 0 aliphatic carbocycles. The minimum Gasteiger partial charge on any atom is -0.481 e. The first-order chi connectivity index (χ1) is 20.8. The molecule has 0 saturated carbocycles. The summed E-state index contributed by atoms with van der Waals surface area (Å²) in [6, 6.07) is 0. The second-order valence-electron chi connectivity index (χ2n) is 14.1. The largest absolute Gasteiger partial charge is 0.481 e. The number of hydrogen-bond acceptors (Lipinski definition) is 3. The zero-order valence-electron chi connectivity index (χ0n) is 30.0. The fraction of sp³-hybridized carbons (Fsp3) is 0.949. The summed E-state index contributed by atoms with van der Waals surface area (Å²) in [6.07, 6.45) is 30.5. The highest BCUT2D eigenvalue weighted by Gasteiger charge is 2.43. The molecule has 256 valence electrons. The first-order valence-corrected chi connectivity index (χ1v) is 19.2. The number of carbonyl (C=O) groups excluding carboxylic acids is 1. The number of unbranched alkanes of at least 4 members (excludes halogenated alkanes) is 16. The van der Waals surface area contributed by atoms with Crippen molar-refractivity contribution in [1.29, 1.82) is 0 Å². The molecule has 4 heteroatoms. The predicted octanol–water partition coefficient (Wildman–Crippen LogP) is 12.7. The van der Waals surface area contributed by atoms with Gasteiger partial charge in [0.15, 0.2) is 0 Å². The van der Waals surface area contributed by atoms with Crippen molar-refractivity contribution in [2.24, 2.45) is 23.2 Å². The van der Waals surface area contributed by atoms with Crippen molar-refractivity contribution in [3.8, 4) is 0 Å². The molecule has 1 N–H and O–H groups in total. The number of esters is 1. The summed E-state index contributed by atoms with van der Waals surface area (Å²) in [5, 5.41) is 8.69. The molecule has 0 heterocycles. The van der Waals surface area contributed by atoms with Gasteiger partial charge in [0.25, 0.3) is 0 Å². The summed E-state index contributed by atoms with van der Waals surface area (Å²) in [4.78, 5) is 24.4. The van der Waals surface area contributed by atoms with Gasteiger partial charge in [-0.15, -0.1) is 0 Å². The summed E-state index contributed by atoms with van der Waals surface area (Å²) in [5.74, 6) is 0.856. The van der Waals surface area contributed by atoms with Gasteiger partial charge in [-0.3, -0.25) is 9.59 Å². The third-order valence-corrected chi connectivity index (χ3v) is 10.2. The summed E-state index contributed by atoms with van der Waals surface area (Å²) in [5.41, 5.74) is -0.337. The van der Waals surface area contributed by atoms with Gasteiger partial charge in [0, 0.05) is 6.42 Å². The average molecular weight is 609 g/mol. The van der Waals surface area contributed by atoms with E-state index in [2.05, 4.69) is 41.5 Å². The number of aliphatic carboxylic acids is 1. The Hall–Kier alpha value is -1.06. The van der Waals surface area contributed by atoms with Crippen molar-refractivity contribution < 1.29 is 19.4 Å². The number of rotatable bonds is 32. The molecule has 0 aliphatic rings. The van der Waals surface area contributed by atoms with Gasteiger partial charge >= 0.3 is 11.9 Å². The molecule has 0 radical (unpaired) electrons. The third-order valence-electron chi connectivity index (χ3n) is 10.2. The van der Waals surface area contributed by atoms with Gasteiger partial charge in [-0.05, 0) is 43.4 Å². The van der Waals surface area contributed by atoms with Crippen molar-refractivity contribution in [3.63, 3.8) is 0 Å². The molecule has 3 atom stereocenters. The lowest BCUT2D eigenvalue weighted by molar-refractivity contribution is -0.163. The number of hydrogen-bond donors (Lipinski definition) is 1. The van der Waals surface area contributed by atoms with Crippen LogP contribution in [0.25, 0.3) is 0 Å². The van der Waals surface area contributed by atoms with Crippen LogP contribution < -0.4 is 0 Å². The monoisotopic (exact) mass is 609 g/mol. The van der Waals surface area contributed by atoms with Crippen molar-refractivity contribution in [2.75, 3.05) is 6.61 Å². The zero-order chi connectivity index (χ0) is 32.2. The van der Waals surface area contributed by atoms with E-state index in [0.29, 0.717) is 30.8 Å². The Balaban J connectivity index is 4.52. The summed E-state index contributed by atoms with van der Waals surface area (Å²) in [7, 11) is 0. The lowest BCUT2D eigenvalue weighted by Gasteiger charge is -2.38. The van der Waals surface area contributed by atoms with Gasteiger partial charge in [0.2, 0.25) is 0 Å². The van der Waals surface area contributed by atoms with Crippen LogP contribution in [0.5, 0.6) is 0 Å². The van der Waals surface area contributed by atoms with E-state index < -0.39 is 5.97 Å². The molecule has 3 unspecified atom stereocenters. The topological polar surface area (TPSA) is 63.6 Å². The molecular weight excluding hydrogens is 532 g/mol. The maximum atomic E-state index is 13.9. The lowest BCUT2D eigenvalue weighted by atomic mass is 9.67. The van der Waals surface area contributed by atoms with Gasteiger partial charge in [-0.25, -0.2) is 0 Å². The molecule has 0 aromatic heterocycles. The van der Waals surface area contributed by atoms with Crippen LogP contribution in [0.4, 0.5) is 0 Å². The minimum absolute atomic E-state index is 0.102. The molecular formula is C39H76O4. The van der Waals surface area contributed by atoms with Crippen molar-refractivity contribution in [3.05, 3.63) is 0 Å². The van der Waals surface area contributed by atoms with E-state index in [4.69, 9.17) is 9.84 Å². The molecule has 0 spiro atoms. The predicted molar refractivity (Wildman–Crippen MR) is 186 cm³/mol. The molecule has 4 nitrogen and oxygen atoms in total. The number of ether oxygens (including phenoxy) is 1. The van der Waals surface area contributed by atoms with Crippen LogP contribution in [-0.4, -0.2) is 23.7 Å². The molecule has 0 fully saturated rings. The number of carboxylic acid groups (broad SMARTS) is 1. The van der Waals surface area contributed by atoms with E-state index in [1.54, 1.807) is 0 Å². The fourth-order valence-corrected chi connectivity index (χ4v) is 6.76. The second-order valence-corrected chi connectivity index (χ2v) is 14.1. The molecule has 0 aromatic carbocycles. The highest BCUT2D eigenvalue weighted by Crippen LogP contribution is 2.43. The zero-order valence-corrected chi connectivity index (χ0v) is 30.0. The summed E-state index contributed by atoms with van der Waals surface area (Å²) >= 11 is 0. The maximum Gasteiger partial charge on any atom is 0.312 e. The van der Waals surface area contributed by atoms with Crippen molar-refractivity contribution >= 4 is 11.9 Å². The van der Waals surface area contributed by atoms with Gasteiger partial charge < -0.3 is 9.84 Å². The van der Waals surface area contributed by atoms with Crippen LogP contribution in [0.15, 0.2) is 0 Å². The van der Waals surface area contributed by atoms with Crippen molar-refractivity contribution in [2.45, 2.75) is 208 Å². The highest BCUT2D eigenvalue weighted by molar-refractivity contribution is 5.77. The van der Waals surface area contributed by atoms with Crippen LogP contribution in [0.3, 0.4) is 0 Å². The molecule has 0 rings (SSSR count). The Labute approximate surface area is 269 Å². The Bertz CT molecular complexity index is 645. The first-order valence-electron chi connectivity index (χ1n) is 19.2. The highest BCUT2D eigenvalue weighted by atomic mass is 16.5. The molecule has 0 saturated heterocycles. The van der Waals surface area contributed by atoms with Gasteiger partial charge in [-0.2, -0.15) is 0 Å². The molecule has 0 aromatic rings. The maximum absolute atomic E-state index is 13.9. The van der Waals surface area contributed by atoms with Gasteiger partial charge in [0.1, 0.15) is 0 Å². The summed E-state index contributed by atoms with van der Waals surface area (Å²) in [6.45, 7) is 14.2. The number of carbonyl (C=O) groups is 2. The van der Waals surface area contributed by atoms with E-state index in [0.717, 1.165) is 44.9 Å². The quantitative estimate of drug-likeness (QED) is 0.0609. The standard InChI is InChI=1S/C39H76O4/c1-7-11-28-35(9-3)32-39(34(5)6,38(42)43-33-36(10-4)29-12-8-2)31-27-25-23-21-19-17-15-13-14-16-18-20-22-24-26-30-37(40)41/h34-36H,7-33H2,1-6H3,(H,40,41). The Morgan fingerprint density at radius 3 is 1.42 bits per heavy atom. The molecule has 0 amide bonds. The number of carboxylic acids is 1. The molecule has 0 bridgehead atoms. The van der Waals surface area contributed by atoms with Gasteiger partial charge in [0.05, 0.1) is 12.0 Å². The normalized spacial score (nSPS) is 14.5. The van der Waals surface area contributed by atoms with E-state index in [1.165, 1.54) is 116 Å². The van der Waals surface area contributed by atoms with Crippen LogP contribution >= 0.6 is 0 Å². The average Bonchev–Trinajstić information content (AvgIpc) is 2.99. The first kappa shape index (κ1) is 41.9. The Morgan fingerprint density at radius 2 is 1.02 bits per heavy atom. The Kier molecular flexibility index (Phi) is 27.7. The summed E-state index contributed by atoms with van der Waals surface area (Å²) < 4.78 is 6.20. The van der Waals surface area contributed by atoms with Crippen LogP contribution in [0.1, 0.15) is 208 Å². The Morgan fingerprint density at radius 1 is 0.605 bits per heavy atom. The molecule has 43 heavy (non-hydrogen) atoms. The van der Waals surface area contributed by atoms with E-state index in [9.17, 15) is 9.59 Å². The second kappa shape index (κ2) is 28.4. The fourth-order valence-electron chi connectivity index (χ4n) is 6.76. The molecule has 0 aliphatic heterocycles. The lowest BCUT2D eigenvalue weighted by Crippen LogP contribution is -2.40. The smallest absolute Gasteiger partial charge is 0.312 e. The minimum atomic E-state index is -0.665. The van der Waals surface area contributed by atoms with Crippen molar-refractivity contribution in [1.82, 2.24) is 0 Å². The van der Waals surface area contributed by atoms with E-state index in [1.807, 2.05) is 0 Å².